The fourth-order valence-electron chi connectivity index (χ4n) is 7.21. The Bertz CT molecular complexity index is 1540. The molecule has 2 heterocycles. The first-order valence-corrected chi connectivity index (χ1v) is 20.4. The van der Waals surface area contributed by atoms with E-state index in [0.717, 1.165) is 50.4 Å². The zero-order chi connectivity index (χ0) is 39.5. The number of carboxylic acid groups (broad SMARTS) is 2. The highest BCUT2D eigenvalue weighted by molar-refractivity contribution is 5.76. The largest absolute Gasteiger partial charge is 0.481 e. The molecule has 303 valence electrons. The van der Waals surface area contributed by atoms with Gasteiger partial charge in [-0.1, -0.05) is 121 Å². The second-order valence-electron chi connectivity index (χ2n) is 15.4. The maximum atomic E-state index is 10.5. The van der Waals surface area contributed by atoms with Crippen LogP contribution in [0.15, 0.2) is 121 Å². The van der Waals surface area contributed by atoms with Crippen LogP contribution in [0.1, 0.15) is 97.3 Å². The van der Waals surface area contributed by atoms with Crippen molar-refractivity contribution in [1.29, 1.82) is 0 Å². The van der Waals surface area contributed by atoms with Gasteiger partial charge in [0.25, 0.3) is 0 Å². The van der Waals surface area contributed by atoms with Crippen molar-refractivity contribution in [3.8, 4) is 0 Å². The third-order valence-electron chi connectivity index (χ3n) is 11.1. The van der Waals surface area contributed by atoms with Gasteiger partial charge in [-0.05, 0) is 109 Å². The fraction of sp³-hybridized carbons (Fsp3) is 0.458. The molecule has 6 fully saturated rings. The third-order valence-corrected chi connectivity index (χ3v) is 11.1. The lowest BCUT2D eigenvalue weighted by atomic mass is 10.1. The number of carboxylic acids is 2. The molecular weight excluding hydrogens is 715 g/mol. The molecule has 4 saturated carbocycles. The maximum Gasteiger partial charge on any atom is 0.307 e. The van der Waals surface area contributed by atoms with Gasteiger partial charge in [-0.2, -0.15) is 0 Å². The first-order valence-electron chi connectivity index (χ1n) is 20.4. The van der Waals surface area contributed by atoms with E-state index in [1.165, 1.54) is 49.7 Å². The van der Waals surface area contributed by atoms with Crippen molar-refractivity contribution in [1.82, 2.24) is 0 Å². The van der Waals surface area contributed by atoms with E-state index in [9.17, 15) is 9.59 Å². The lowest BCUT2D eigenvalue weighted by Gasteiger charge is -1.96. The van der Waals surface area contributed by atoms with E-state index in [2.05, 4.69) is 48.5 Å². The highest BCUT2D eigenvalue weighted by Crippen LogP contribution is 2.49. The van der Waals surface area contributed by atoms with Crippen LogP contribution >= 0.6 is 0 Å². The van der Waals surface area contributed by atoms with E-state index in [0.29, 0.717) is 36.9 Å². The Labute approximate surface area is 340 Å². The second-order valence-corrected chi connectivity index (χ2v) is 15.4. The Morgan fingerprint density at radius 3 is 0.877 bits per heavy atom. The first-order chi connectivity index (χ1) is 27.4. The third kappa shape index (κ3) is 15.9. The molecule has 4 aromatic rings. The van der Waals surface area contributed by atoms with Gasteiger partial charge in [0, 0.05) is 48.1 Å². The van der Waals surface area contributed by atoms with E-state index < -0.39 is 11.9 Å². The Kier molecular flexibility index (Phi) is 19.5. The molecule has 0 unspecified atom stereocenters. The summed E-state index contributed by atoms with van der Waals surface area (Å²) in [6.07, 6.45) is 9.06. The molecule has 3 radical (unpaired) electrons. The molecule has 2 aliphatic heterocycles. The molecule has 0 bridgehead atoms. The van der Waals surface area contributed by atoms with Gasteiger partial charge in [-0.25, -0.2) is 0 Å². The summed E-state index contributed by atoms with van der Waals surface area (Å²) in [7, 11) is 0. The number of aliphatic carboxylic acids is 2. The summed E-state index contributed by atoms with van der Waals surface area (Å²) in [5.41, 5.74) is 5.08. The summed E-state index contributed by atoms with van der Waals surface area (Å²) < 4.78 is 9.89. The summed E-state index contributed by atoms with van der Waals surface area (Å²) in [6.45, 7) is 4.69. The standard InChI is InChI=1S/2C10H10O2.2C10H12O.2C4H8O.B/c2*11-10(12)9-6-8(9)7-4-2-1-3-5-7;2*11-7-9-6-10(9)8-4-2-1-3-5-8;2*1-2-4-5-3-1;/h2*1-5,8-9H,6H2,(H,11,12);2*1-5,9-11H,6-7H2;2*1-4H2;/t2*8-,9+;2*9-,10-;;;/m1010.../s1. The van der Waals surface area contributed by atoms with Crippen molar-refractivity contribution in [3.05, 3.63) is 144 Å². The van der Waals surface area contributed by atoms with Gasteiger partial charge < -0.3 is 29.9 Å². The number of carbonyl (C=O) groups is 2. The van der Waals surface area contributed by atoms with E-state index in [-0.39, 0.29) is 32.1 Å². The summed E-state index contributed by atoms with van der Waals surface area (Å²) in [4.78, 5) is 21.1. The quantitative estimate of drug-likeness (QED) is 0.131. The molecule has 0 aromatic heterocycles. The van der Waals surface area contributed by atoms with Gasteiger partial charge in [-0.3, -0.25) is 9.59 Å². The molecule has 4 aromatic carbocycles. The van der Waals surface area contributed by atoms with Crippen LogP contribution in [0.3, 0.4) is 0 Å². The molecule has 8 nitrogen and oxygen atoms in total. The topological polar surface area (TPSA) is 134 Å². The molecule has 57 heavy (non-hydrogen) atoms. The molecule has 8 atom stereocenters. The van der Waals surface area contributed by atoms with Crippen molar-refractivity contribution in [2.45, 2.75) is 75.0 Å². The van der Waals surface area contributed by atoms with Crippen LogP contribution in [0.5, 0.6) is 0 Å². The van der Waals surface area contributed by atoms with E-state index >= 15 is 0 Å². The normalized spacial score (nSPS) is 26.4. The molecule has 0 amide bonds. The molecule has 9 heteroatoms. The van der Waals surface area contributed by atoms with Crippen LogP contribution in [0.2, 0.25) is 0 Å². The van der Waals surface area contributed by atoms with E-state index in [1.54, 1.807) is 0 Å². The van der Waals surface area contributed by atoms with Gasteiger partial charge >= 0.3 is 11.9 Å². The van der Waals surface area contributed by atoms with Crippen molar-refractivity contribution in [2.24, 2.45) is 23.7 Å². The summed E-state index contributed by atoms with van der Waals surface area (Å²) >= 11 is 0. The van der Waals surface area contributed by atoms with E-state index in [4.69, 9.17) is 29.9 Å². The Morgan fingerprint density at radius 2 is 0.702 bits per heavy atom. The minimum Gasteiger partial charge on any atom is -0.481 e. The Morgan fingerprint density at radius 1 is 0.439 bits per heavy atom. The smallest absolute Gasteiger partial charge is 0.307 e. The van der Waals surface area contributed by atoms with Crippen molar-refractivity contribution in [2.75, 3.05) is 39.6 Å². The van der Waals surface area contributed by atoms with Crippen molar-refractivity contribution >= 4 is 20.4 Å². The molecule has 4 N–H and O–H groups in total. The van der Waals surface area contributed by atoms with Crippen LogP contribution in [-0.2, 0) is 19.1 Å². The lowest BCUT2D eigenvalue weighted by molar-refractivity contribution is -0.139. The van der Waals surface area contributed by atoms with Gasteiger partial charge in [0.05, 0.1) is 11.8 Å². The van der Waals surface area contributed by atoms with Gasteiger partial charge in [-0.15, -0.1) is 0 Å². The van der Waals surface area contributed by atoms with Gasteiger partial charge in [0.15, 0.2) is 0 Å². The number of hydrogen-bond donors (Lipinski definition) is 4. The number of aliphatic hydroxyl groups excluding tert-OH is 2. The fourth-order valence-corrected chi connectivity index (χ4v) is 7.21. The second kappa shape index (κ2) is 24.5. The minimum atomic E-state index is -0.663. The predicted molar refractivity (Wildman–Crippen MR) is 224 cm³/mol. The predicted octanol–water partition coefficient (Wildman–Crippen LogP) is 8.53. The molecule has 6 aliphatic rings. The van der Waals surface area contributed by atoms with Crippen molar-refractivity contribution < 1.29 is 39.5 Å². The Hall–Kier alpha value is -4.28. The summed E-state index contributed by atoms with van der Waals surface area (Å²) in [6, 6.07) is 40.5. The number of aliphatic hydroxyl groups is 2. The monoisotopic (exact) mass is 775 g/mol. The first kappa shape index (κ1) is 45.4. The molecular formula is C48H60BO8. The zero-order valence-electron chi connectivity index (χ0n) is 33.1. The highest BCUT2D eigenvalue weighted by atomic mass is 16.5. The minimum absolute atomic E-state index is 0. The highest BCUT2D eigenvalue weighted by Gasteiger charge is 2.44. The van der Waals surface area contributed by atoms with E-state index in [1.807, 2.05) is 72.8 Å². The van der Waals surface area contributed by atoms with Crippen LogP contribution in [-0.4, -0.2) is 80.4 Å². The SMILES string of the molecule is C1CCOC1.C1CCOC1.O=C(O)[C@@H]1C[C@H]1c1ccccc1.O=C(O)[C@H]1C[C@@H]1c1ccccc1.OC[C@@H]1C[C@H]1c1ccccc1.OC[C@H]1C[C@@H]1c1ccccc1.[B]. The summed E-state index contributed by atoms with van der Waals surface area (Å²) in [5.74, 6) is 1.30. The average Bonchev–Trinajstić information content (AvgIpc) is 4.17. The summed E-state index contributed by atoms with van der Waals surface area (Å²) in [5, 5.41) is 35.0. The molecule has 4 aliphatic carbocycles. The molecule has 10 rings (SSSR count). The van der Waals surface area contributed by atoms with Crippen molar-refractivity contribution in [3.63, 3.8) is 0 Å². The van der Waals surface area contributed by atoms with Crippen LogP contribution in [0.25, 0.3) is 0 Å². The van der Waals surface area contributed by atoms with Gasteiger partial charge in [0.2, 0.25) is 0 Å². The van der Waals surface area contributed by atoms with Crippen LogP contribution in [0, 0.1) is 23.7 Å². The van der Waals surface area contributed by atoms with Crippen LogP contribution in [0.4, 0.5) is 0 Å². The Balaban J connectivity index is 0.000000155. The number of rotatable bonds is 8. The lowest BCUT2D eigenvalue weighted by Crippen LogP contribution is -1.98. The average molecular weight is 776 g/mol. The zero-order valence-corrected chi connectivity index (χ0v) is 33.1. The van der Waals surface area contributed by atoms with Gasteiger partial charge in [0.1, 0.15) is 0 Å². The number of benzene rings is 4. The number of hydrogen-bond acceptors (Lipinski definition) is 6. The maximum absolute atomic E-state index is 10.5. The molecule has 0 spiro atoms. The van der Waals surface area contributed by atoms with Crippen LogP contribution < -0.4 is 0 Å². The number of ether oxygens (including phenoxy) is 2. The molecule has 2 saturated heterocycles.